The van der Waals surface area contributed by atoms with Gasteiger partial charge in [0, 0.05) is 32.7 Å². The maximum absolute atomic E-state index is 13.0. The number of carbonyl (C=O) groups excluding carboxylic acids is 1. The summed E-state index contributed by atoms with van der Waals surface area (Å²) in [6.45, 7) is 2.72. The van der Waals surface area contributed by atoms with Crippen LogP contribution in [0.2, 0.25) is 0 Å². The highest BCUT2D eigenvalue weighted by Crippen LogP contribution is 2.26. The Morgan fingerprint density at radius 3 is 2.50 bits per heavy atom. The summed E-state index contributed by atoms with van der Waals surface area (Å²) in [5.74, 6) is -0.545. The number of likely N-dealkylation sites (tertiary alicyclic amines) is 2. The number of rotatable bonds is 4. The molecule has 6 heteroatoms. The van der Waals surface area contributed by atoms with Crippen LogP contribution in [0.4, 0.5) is 4.39 Å². The van der Waals surface area contributed by atoms with Gasteiger partial charge >= 0.3 is 0 Å². The van der Waals surface area contributed by atoms with Crippen molar-refractivity contribution in [2.24, 2.45) is 0 Å². The fraction of sp³-hybridized carbons (Fsp3) is 0.611. The van der Waals surface area contributed by atoms with Crippen molar-refractivity contribution in [2.45, 2.75) is 43.9 Å². The van der Waals surface area contributed by atoms with Crippen LogP contribution in [0.3, 0.4) is 0 Å². The highest BCUT2D eigenvalue weighted by Gasteiger charge is 2.43. The monoisotopic (exact) mass is 336 g/mol. The van der Waals surface area contributed by atoms with Gasteiger partial charge in [0.15, 0.2) is 5.60 Å². The van der Waals surface area contributed by atoms with E-state index in [0.717, 1.165) is 12.0 Å². The SMILES string of the molecule is O=C1N(Cc2ccc(F)cc2)CCC[C@]1(O)CN1CCC(O)CC1. The first-order chi connectivity index (χ1) is 11.5. The molecular weight excluding hydrogens is 311 g/mol. The van der Waals surface area contributed by atoms with Crippen molar-refractivity contribution in [1.29, 1.82) is 0 Å². The Morgan fingerprint density at radius 1 is 1.17 bits per heavy atom. The number of aliphatic hydroxyl groups excluding tert-OH is 1. The lowest BCUT2D eigenvalue weighted by Gasteiger charge is -2.42. The molecule has 0 radical (unpaired) electrons. The summed E-state index contributed by atoms with van der Waals surface area (Å²) in [7, 11) is 0. The van der Waals surface area contributed by atoms with Crippen molar-refractivity contribution >= 4 is 5.91 Å². The minimum atomic E-state index is -1.36. The molecule has 0 spiro atoms. The fourth-order valence-corrected chi connectivity index (χ4v) is 3.62. The molecule has 1 aromatic carbocycles. The van der Waals surface area contributed by atoms with Gasteiger partial charge in [-0.05, 0) is 43.4 Å². The maximum Gasteiger partial charge on any atom is 0.256 e. The molecule has 0 saturated carbocycles. The third-order valence-corrected chi connectivity index (χ3v) is 5.03. The van der Waals surface area contributed by atoms with Crippen LogP contribution in [0.25, 0.3) is 0 Å². The number of carbonyl (C=O) groups is 1. The average molecular weight is 336 g/mol. The summed E-state index contributed by atoms with van der Waals surface area (Å²) in [5, 5.41) is 20.5. The summed E-state index contributed by atoms with van der Waals surface area (Å²) in [4.78, 5) is 16.5. The first-order valence-electron chi connectivity index (χ1n) is 8.63. The van der Waals surface area contributed by atoms with E-state index < -0.39 is 5.60 Å². The van der Waals surface area contributed by atoms with Crippen LogP contribution in [0.5, 0.6) is 0 Å². The van der Waals surface area contributed by atoms with Crippen LogP contribution in [-0.2, 0) is 11.3 Å². The van der Waals surface area contributed by atoms with Crippen molar-refractivity contribution in [3.63, 3.8) is 0 Å². The van der Waals surface area contributed by atoms with Crippen molar-refractivity contribution < 1.29 is 19.4 Å². The van der Waals surface area contributed by atoms with Gasteiger partial charge in [-0.2, -0.15) is 0 Å². The lowest BCUT2D eigenvalue weighted by Crippen LogP contribution is -2.59. The average Bonchev–Trinajstić information content (AvgIpc) is 2.56. The topological polar surface area (TPSA) is 64.0 Å². The molecule has 2 aliphatic heterocycles. The van der Waals surface area contributed by atoms with E-state index in [1.165, 1.54) is 12.1 Å². The summed E-state index contributed by atoms with van der Waals surface area (Å²) in [6, 6.07) is 6.11. The molecule has 0 bridgehead atoms. The van der Waals surface area contributed by atoms with Crippen LogP contribution >= 0.6 is 0 Å². The highest BCUT2D eigenvalue weighted by atomic mass is 19.1. The molecule has 2 saturated heterocycles. The quantitative estimate of drug-likeness (QED) is 0.865. The van der Waals surface area contributed by atoms with Gasteiger partial charge < -0.3 is 15.1 Å². The Morgan fingerprint density at radius 2 is 1.83 bits per heavy atom. The number of benzene rings is 1. The Hall–Kier alpha value is -1.50. The minimum absolute atomic E-state index is 0.246. The molecule has 2 N–H and O–H groups in total. The van der Waals surface area contributed by atoms with Gasteiger partial charge in [0.1, 0.15) is 5.82 Å². The van der Waals surface area contributed by atoms with Gasteiger partial charge in [-0.25, -0.2) is 4.39 Å². The fourth-order valence-electron chi connectivity index (χ4n) is 3.62. The number of halogens is 1. The van der Waals surface area contributed by atoms with E-state index in [4.69, 9.17) is 0 Å². The second-order valence-electron chi connectivity index (χ2n) is 7.00. The van der Waals surface area contributed by atoms with E-state index in [9.17, 15) is 19.4 Å². The summed E-state index contributed by atoms with van der Waals surface area (Å²) >= 11 is 0. The molecule has 2 fully saturated rings. The van der Waals surface area contributed by atoms with Crippen molar-refractivity contribution in [2.75, 3.05) is 26.2 Å². The molecule has 2 heterocycles. The third-order valence-electron chi connectivity index (χ3n) is 5.03. The number of aliphatic hydroxyl groups is 2. The summed E-state index contributed by atoms with van der Waals surface area (Å²) in [5.41, 5.74) is -0.504. The van der Waals surface area contributed by atoms with Crippen molar-refractivity contribution in [3.05, 3.63) is 35.6 Å². The molecule has 24 heavy (non-hydrogen) atoms. The lowest BCUT2D eigenvalue weighted by atomic mass is 9.90. The zero-order valence-electron chi connectivity index (χ0n) is 13.8. The van der Waals surface area contributed by atoms with Crippen molar-refractivity contribution in [3.8, 4) is 0 Å². The van der Waals surface area contributed by atoms with Gasteiger partial charge in [-0.15, -0.1) is 0 Å². The maximum atomic E-state index is 13.0. The van der Waals surface area contributed by atoms with Gasteiger partial charge in [0.25, 0.3) is 5.91 Å². The standard InChI is InChI=1S/C18H25FN2O3/c19-15-4-2-14(3-5-15)12-21-9-1-8-18(24,17(21)23)13-20-10-6-16(22)7-11-20/h2-5,16,22,24H,1,6-13H2/t18-/m0/s1. The number of hydrogen-bond donors (Lipinski definition) is 2. The minimum Gasteiger partial charge on any atom is -0.393 e. The number of amides is 1. The van der Waals surface area contributed by atoms with Crippen molar-refractivity contribution in [1.82, 2.24) is 9.80 Å². The summed E-state index contributed by atoms with van der Waals surface area (Å²) in [6.07, 6.45) is 2.31. The van der Waals surface area contributed by atoms with E-state index in [1.54, 1.807) is 17.0 Å². The largest absolute Gasteiger partial charge is 0.393 e. The van der Waals surface area contributed by atoms with Crippen LogP contribution in [0.15, 0.2) is 24.3 Å². The normalized spacial score (nSPS) is 26.8. The third kappa shape index (κ3) is 3.94. The predicted octanol–water partition coefficient (Wildman–Crippen LogP) is 1.14. The first kappa shape index (κ1) is 17.3. The van der Waals surface area contributed by atoms with E-state index in [1.807, 2.05) is 0 Å². The predicted molar refractivity (Wildman–Crippen MR) is 87.7 cm³/mol. The molecule has 2 aliphatic rings. The number of β-amino-alcohol motifs (C(OH)–C–C–N with tert-alkyl or cyclic N) is 1. The second kappa shape index (κ2) is 7.17. The molecule has 0 aromatic heterocycles. The lowest BCUT2D eigenvalue weighted by molar-refractivity contribution is -0.160. The number of hydrogen-bond acceptors (Lipinski definition) is 4. The van der Waals surface area contributed by atoms with Crippen LogP contribution < -0.4 is 0 Å². The molecule has 132 valence electrons. The van der Waals surface area contributed by atoms with Gasteiger partial charge in [0.05, 0.1) is 6.10 Å². The molecule has 3 rings (SSSR count). The van der Waals surface area contributed by atoms with E-state index in [2.05, 4.69) is 4.90 Å². The van der Waals surface area contributed by atoms with Crippen LogP contribution in [0.1, 0.15) is 31.2 Å². The first-order valence-corrected chi connectivity index (χ1v) is 8.63. The molecular formula is C18H25FN2O3. The Bertz CT molecular complexity index is 572. The molecule has 5 nitrogen and oxygen atoms in total. The summed E-state index contributed by atoms with van der Waals surface area (Å²) < 4.78 is 13.0. The van der Waals surface area contributed by atoms with E-state index in [-0.39, 0.29) is 17.8 Å². The Balaban J connectivity index is 1.63. The van der Waals surface area contributed by atoms with Gasteiger partial charge in [-0.1, -0.05) is 12.1 Å². The zero-order chi connectivity index (χ0) is 17.2. The van der Waals surface area contributed by atoms with Crippen LogP contribution in [0, 0.1) is 5.82 Å². The van der Waals surface area contributed by atoms with Gasteiger partial charge in [0.2, 0.25) is 0 Å². The van der Waals surface area contributed by atoms with Crippen LogP contribution in [-0.4, -0.2) is 63.8 Å². The number of nitrogens with zero attached hydrogens (tertiary/aromatic N) is 2. The smallest absolute Gasteiger partial charge is 0.256 e. The Kier molecular flexibility index (Phi) is 5.18. The van der Waals surface area contributed by atoms with Gasteiger partial charge in [-0.3, -0.25) is 9.69 Å². The molecule has 1 atom stereocenters. The molecule has 0 aliphatic carbocycles. The molecule has 0 unspecified atom stereocenters. The number of piperidine rings is 2. The Labute approximate surface area is 141 Å². The van der Waals surface area contributed by atoms with E-state index >= 15 is 0 Å². The molecule has 1 amide bonds. The zero-order valence-corrected chi connectivity index (χ0v) is 13.8. The highest BCUT2D eigenvalue weighted by molar-refractivity contribution is 5.86. The van der Waals surface area contributed by atoms with E-state index in [0.29, 0.717) is 52.0 Å². The second-order valence-corrected chi connectivity index (χ2v) is 7.00. The molecule has 1 aromatic rings.